The Morgan fingerprint density at radius 1 is 1.20 bits per heavy atom. The summed E-state index contributed by atoms with van der Waals surface area (Å²) in [7, 11) is 5.45. The van der Waals surface area contributed by atoms with Crippen LogP contribution in [0.1, 0.15) is 32.4 Å². The first-order chi connectivity index (χ1) is 9.32. The number of nitrogens with two attached hydrogens (primary N) is 1. The number of hydrogen-bond acceptors (Lipinski definition) is 4. The van der Waals surface area contributed by atoms with E-state index in [4.69, 9.17) is 15.2 Å². The van der Waals surface area contributed by atoms with Gasteiger partial charge >= 0.3 is 0 Å². The maximum atomic E-state index is 6.00. The topological polar surface area (TPSA) is 47.7 Å². The molecule has 0 aliphatic carbocycles. The van der Waals surface area contributed by atoms with Crippen molar-refractivity contribution in [2.24, 2.45) is 11.1 Å². The van der Waals surface area contributed by atoms with Gasteiger partial charge in [-0.1, -0.05) is 20.8 Å². The second kappa shape index (κ2) is 6.95. The second-order valence-electron chi connectivity index (χ2n) is 6.34. The van der Waals surface area contributed by atoms with Crippen LogP contribution in [0, 0.1) is 5.41 Å². The molecule has 0 aromatic heterocycles. The highest BCUT2D eigenvalue weighted by molar-refractivity contribution is 5.42. The van der Waals surface area contributed by atoms with Crippen LogP contribution in [0.4, 0.5) is 0 Å². The lowest BCUT2D eigenvalue weighted by Gasteiger charge is -2.33. The number of rotatable bonds is 6. The molecular formula is C16H28N2O2. The van der Waals surface area contributed by atoms with Crippen molar-refractivity contribution in [1.82, 2.24) is 4.90 Å². The molecule has 0 aliphatic rings. The Morgan fingerprint density at radius 3 is 2.30 bits per heavy atom. The fourth-order valence-electron chi connectivity index (χ4n) is 2.50. The van der Waals surface area contributed by atoms with Crippen LogP contribution in [-0.4, -0.2) is 39.3 Å². The molecule has 0 aliphatic heterocycles. The van der Waals surface area contributed by atoms with Crippen molar-refractivity contribution < 1.29 is 9.47 Å². The fourth-order valence-corrected chi connectivity index (χ4v) is 2.50. The molecule has 0 bridgehead atoms. The Balaban J connectivity index is 3.10. The van der Waals surface area contributed by atoms with E-state index in [0.717, 1.165) is 23.6 Å². The Labute approximate surface area is 122 Å². The monoisotopic (exact) mass is 280 g/mol. The van der Waals surface area contributed by atoms with Gasteiger partial charge in [0.1, 0.15) is 11.5 Å². The third-order valence-corrected chi connectivity index (χ3v) is 3.27. The standard InChI is InChI=1S/C16H28N2O2/c1-16(2,3)11-18(4)14(10-17)13-9-12(19-5)7-8-15(13)20-6/h7-9,14H,10-11,17H2,1-6H3. The van der Waals surface area contributed by atoms with E-state index in [1.807, 2.05) is 18.2 Å². The summed E-state index contributed by atoms with van der Waals surface area (Å²) >= 11 is 0. The van der Waals surface area contributed by atoms with E-state index < -0.39 is 0 Å². The van der Waals surface area contributed by atoms with Crippen molar-refractivity contribution in [3.05, 3.63) is 23.8 Å². The number of nitrogens with zero attached hydrogens (tertiary/aromatic N) is 1. The van der Waals surface area contributed by atoms with E-state index in [9.17, 15) is 0 Å². The maximum absolute atomic E-state index is 6.00. The summed E-state index contributed by atoms with van der Waals surface area (Å²) in [6, 6.07) is 5.95. The van der Waals surface area contributed by atoms with Crippen LogP contribution in [0.3, 0.4) is 0 Å². The zero-order valence-corrected chi connectivity index (χ0v) is 13.6. The lowest BCUT2D eigenvalue weighted by molar-refractivity contribution is 0.173. The van der Waals surface area contributed by atoms with Gasteiger partial charge in [-0.15, -0.1) is 0 Å². The van der Waals surface area contributed by atoms with E-state index in [1.54, 1.807) is 14.2 Å². The average molecular weight is 280 g/mol. The first-order valence-electron chi connectivity index (χ1n) is 6.94. The van der Waals surface area contributed by atoms with E-state index in [1.165, 1.54) is 0 Å². The molecule has 2 N–H and O–H groups in total. The Kier molecular flexibility index (Phi) is 5.84. The molecular weight excluding hydrogens is 252 g/mol. The summed E-state index contributed by atoms with van der Waals surface area (Å²) in [5.74, 6) is 1.67. The number of benzene rings is 1. The van der Waals surface area contributed by atoms with Crippen LogP contribution in [0.5, 0.6) is 11.5 Å². The largest absolute Gasteiger partial charge is 0.497 e. The minimum Gasteiger partial charge on any atom is -0.497 e. The molecule has 20 heavy (non-hydrogen) atoms. The van der Waals surface area contributed by atoms with Gasteiger partial charge in [0.2, 0.25) is 0 Å². The molecule has 114 valence electrons. The highest BCUT2D eigenvalue weighted by Gasteiger charge is 2.23. The molecule has 0 spiro atoms. The SMILES string of the molecule is COc1ccc(OC)c(C(CN)N(C)CC(C)(C)C)c1. The number of methoxy groups -OCH3 is 2. The number of hydrogen-bond donors (Lipinski definition) is 1. The third-order valence-electron chi connectivity index (χ3n) is 3.27. The molecule has 0 saturated carbocycles. The minimum absolute atomic E-state index is 0.110. The van der Waals surface area contributed by atoms with Gasteiger partial charge in [0.25, 0.3) is 0 Å². The maximum Gasteiger partial charge on any atom is 0.123 e. The molecule has 4 nitrogen and oxygen atoms in total. The molecule has 1 unspecified atom stereocenters. The van der Waals surface area contributed by atoms with E-state index in [-0.39, 0.29) is 11.5 Å². The van der Waals surface area contributed by atoms with Crippen LogP contribution in [-0.2, 0) is 0 Å². The van der Waals surface area contributed by atoms with E-state index >= 15 is 0 Å². The van der Waals surface area contributed by atoms with Gasteiger partial charge in [0.15, 0.2) is 0 Å². The molecule has 0 saturated heterocycles. The zero-order valence-electron chi connectivity index (χ0n) is 13.6. The predicted molar refractivity (Wildman–Crippen MR) is 83.4 cm³/mol. The normalized spacial score (nSPS) is 13.4. The fraction of sp³-hybridized carbons (Fsp3) is 0.625. The molecule has 0 amide bonds. The lowest BCUT2D eigenvalue weighted by Crippen LogP contribution is -2.36. The van der Waals surface area contributed by atoms with Crippen molar-refractivity contribution in [2.45, 2.75) is 26.8 Å². The van der Waals surface area contributed by atoms with Crippen molar-refractivity contribution in [3.63, 3.8) is 0 Å². The second-order valence-corrected chi connectivity index (χ2v) is 6.34. The lowest BCUT2D eigenvalue weighted by atomic mass is 9.94. The van der Waals surface area contributed by atoms with E-state index in [2.05, 4.69) is 32.7 Å². The molecule has 1 atom stereocenters. The van der Waals surface area contributed by atoms with Gasteiger partial charge in [-0.2, -0.15) is 0 Å². The summed E-state index contributed by atoms with van der Waals surface area (Å²) in [6.07, 6.45) is 0. The molecule has 0 heterocycles. The van der Waals surface area contributed by atoms with Gasteiger partial charge in [0.05, 0.1) is 20.3 Å². The first kappa shape index (κ1) is 16.8. The van der Waals surface area contributed by atoms with Crippen LogP contribution in [0.25, 0.3) is 0 Å². The number of likely N-dealkylation sites (N-methyl/N-ethyl adjacent to an activating group) is 1. The zero-order chi connectivity index (χ0) is 15.3. The third kappa shape index (κ3) is 4.39. The van der Waals surface area contributed by atoms with Crippen molar-refractivity contribution >= 4 is 0 Å². The van der Waals surface area contributed by atoms with Crippen molar-refractivity contribution in [3.8, 4) is 11.5 Å². The highest BCUT2D eigenvalue weighted by Crippen LogP contribution is 2.32. The first-order valence-corrected chi connectivity index (χ1v) is 6.94. The highest BCUT2D eigenvalue weighted by atomic mass is 16.5. The summed E-state index contributed by atoms with van der Waals surface area (Å²) in [5, 5.41) is 0. The van der Waals surface area contributed by atoms with Crippen molar-refractivity contribution in [1.29, 1.82) is 0 Å². The smallest absolute Gasteiger partial charge is 0.123 e. The summed E-state index contributed by atoms with van der Waals surface area (Å²) in [4.78, 5) is 2.28. The predicted octanol–water partition coefficient (Wildman–Crippen LogP) is 2.68. The van der Waals surface area contributed by atoms with Crippen molar-refractivity contribution in [2.75, 3.05) is 34.4 Å². The Hall–Kier alpha value is -1.26. The van der Waals surface area contributed by atoms with Gasteiger partial charge in [0, 0.05) is 18.7 Å². The average Bonchev–Trinajstić information content (AvgIpc) is 2.37. The molecule has 0 radical (unpaired) electrons. The van der Waals surface area contributed by atoms with Gasteiger partial charge < -0.3 is 15.2 Å². The quantitative estimate of drug-likeness (QED) is 0.870. The van der Waals surface area contributed by atoms with E-state index in [0.29, 0.717) is 6.54 Å². The summed E-state index contributed by atoms with van der Waals surface area (Å²) < 4.78 is 10.8. The Bertz CT molecular complexity index is 427. The number of ether oxygens (including phenoxy) is 2. The molecule has 0 fully saturated rings. The molecule has 1 aromatic rings. The molecule has 1 rings (SSSR count). The Morgan fingerprint density at radius 2 is 1.85 bits per heavy atom. The van der Waals surface area contributed by atoms with Crippen LogP contribution < -0.4 is 15.2 Å². The van der Waals surface area contributed by atoms with Gasteiger partial charge in [-0.05, 0) is 30.7 Å². The van der Waals surface area contributed by atoms with Crippen LogP contribution in [0.15, 0.2) is 18.2 Å². The molecule has 1 aromatic carbocycles. The van der Waals surface area contributed by atoms with Crippen LogP contribution in [0.2, 0.25) is 0 Å². The minimum atomic E-state index is 0.110. The van der Waals surface area contributed by atoms with Gasteiger partial charge in [-0.25, -0.2) is 0 Å². The van der Waals surface area contributed by atoms with Gasteiger partial charge in [-0.3, -0.25) is 4.90 Å². The molecule has 4 heteroatoms. The van der Waals surface area contributed by atoms with Crippen LogP contribution >= 0.6 is 0 Å². The summed E-state index contributed by atoms with van der Waals surface area (Å²) in [5.41, 5.74) is 7.29. The summed E-state index contributed by atoms with van der Waals surface area (Å²) in [6.45, 7) is 8.16.